The summed E-state index contributed by atoms with van der Waals surface area (Å²) in [6.45, 7) is 3.86. The molecule has 4 aromatic rings. The molecule has 1 amide bonds. The van der Waals surface area contributed by atoms with Crippen LogP contribution in [-0.4, -0.2) is 69.0 Å². The number of nitrogens with zero attached hydrogens (tertiary/aromatic N) is 4. The Morgan fingerprint density at radius 3 is 2.32 bits per heavy atom. The summed E-state index contributed by atoms with van der Waals surface area (Å²) >= 11 is 1.41. The van der Waals surface area contributed by atoms with Crippen LogP contribution in [0, 0.1) is 0 Å². The molecule has 12 heteroatoms. The molecule has 5 rings (SSSR count). The van der Waals surface area contributed by atoms with E-state index in [1.165, 1.54) is 27.8 Å². The van der Waals surface area contributed by atoms with Crippen molar-refractivity contribution in [1.82, 2.24) is 14.2 Å². The predicted molar refractivity (Wildman–Crippen MR) is 164 cm³/mol. The van der Waals surface area contributed by atoms with Crippen LogP contribution >= 0.6 is 23.7 Å². The zero-order chi connectivity index (χ0) is 28.3. The number of carbonyl (C=O) groups excluding carboxylic acids is 1. The number of anilines is 1. The number of fused-ring (bicyclic) bond motifs is 2. The molecule has 9 nitrogen and oxygen atoms in total. The first-order valence-electron chi connectivity index (χ1n) is 13.1. The molecule has 0 N–H and O–H groups in total. The fraction of sp³-hybridized carbons (Fsp3) is 0.310. The van der Waals surface area contributed by atoms with E-state index in [1.807, 2.05) is 63.5 Å². The van der Waals surface area contributed by atoms with Gasteiger partial charge in [0, 0.05) is 37.3 Å². The molecule has 1 aliphatic heterocycles. The Labute approximate surface area is 250 Å². The Hall–Kier alpha value is -3.22. The van der Waals surface area contributed by atoms with Crippen LogP contribution in [0.5, 0.6) is 11.5 Å². The third-order valence-electron chi connectivity index (χ3n) is 6.63. The van der Waals surface area contributed by atoms with Crippen molar-refractivity contribution in [3.8, 4) is 11.5 Å². The number of sulfonamides is 1. The van der Waals surface area contributed by atoms with Crippen molar-refractivity contribution < 1.29 is 22.7 Å². The number of ether oxygens (including phenoxy) is 2. The minimum absolute atomic E-state index is 0. The van der Waals surface area contributed by atoms with Crippen molar-refractivity contribution in [2.45, 2.75) is 24.8 Å². The highest BCUT2D eigenvalue weighted by Crippen LogP contribution is 2.40. The zero-order valence-corrected chi connectivity index (χ0v) is 25.6. The van der Waals surface area contributed by atoms with Gasteiger partial charge in [-0.3, -0.25) is 9.69 Å². The average molecular weight is 617 g/mol. The van der Waals surface area contributed by atoms with Gasteiger partial charge in [0.1, 0.15) is 0 Å². The van der Waals surface area contributed by atoms with Crippen LogP contribution in [0.2, 0.25) is 0 Å². The van der Waals surface area contributed by atoms with Gasteiger partial charge >= 0.3 is 0 Å². The maximum atomic E-state index is 13.8. The summed E-state index contributed by atoms with van der Waals surface area (Å²) in [7, 11) is 0.235. The van der Waals surface area contributed by atoms with Gasteiger partial charge in [-0.1, -0.05) is 48.6 Å². The van der Waals surface area contributed by atoms with E-state index in [0.29, 0.717) is 35.3 Å². The molecule has 41 heavy (non-hydrogen) atoms. The number of amides is 1. The van der Waals surface area contributed by atoms with E-state index in [1.54, 1.807) is 17.0 Å². The Kier molecular flexibility index (Phi) is 9.88. The summed E-state index contributed by atoms with van der Waals surface area (Å²) < 4.78 is 40.1. The number of carbonyl (C=O) groups is 1. The Bertz CT molecular complexity index is 1550. The predicted octanol–water partition coefficient (Wildman–Crippen LogP) is 5.26. The van der Waals surface area contributed by atoms with Gasteiger partial charge in [0.25, 0.3) is 5.91 Å². The third-order valence-corrected chi connectivity index (χ3v) is 9.60. The zero-order valence-electron chi connectivity index (χ0n) is 23.1. The molecular weight excluding hydrogens is 584 g/mol. The number of thiazole rings is 1. The first-order valence-corrected chi connectivity index (χ1v) is 15.3. The second kappa shape index (κ2) is 13.2. The minimum Gasteiger partial charge on any atom is -0.454 e. The molecule has 2 heterocycles. The summed E-state index contributed by atoms with van der Waals surface area (Å²) in [6, 6.07) is 19.4. The number of halogens is 1. The normalized spacial score (nSPS) is 12.6. The highest BCUT2D eigenvalue weighted by Gasteiger charge is 2.26. The van der Waals surface area contributed by atoms with Gasteiger partial charge in [0.15, 0.2) is 16.6 Å². The van der Waals surface area contributed by atoms with Crippen LogP contribution in [0.1, 0.15) is 29.3 Å². The lowest BCUT2D eigenvalue weighted by Gasteiger charge is -2.22. The molecule has 0 saturated heterocycles. The molecule has 0 unspecified atom stereocenters. The smallest absolute Gasteiger partial charge is 0.260 e. The number of hydrogen-bond acceptors (Lipinski definition) is 8. The van der Waals surface area contributed by atoms with E-state index in [-0.39, 0.29) is 36.5 Å². The molecule has 0 saturated carbocycles. The van der Waals surface area contributed by atoms with Crippen LogP contribution < -0.4 is 14.4 Å². The summed E-state index contributed by atoms with van der Waals surface area (Å²) in [4.78, 5) is 22.4. The molecule has 0 radical (unpaired) electrons. The SMILES string of the molecule is CCN(Cc1ccccc1)S(=O)(=O)c1ccc(C(=O)N(CCCN(C)C)c2nc3cc4c(cc3s2)OCO4)cc1.Cl. The van der Waals surface area contributed by atoms with E-state index in [2.05, 4.69) is 4.90 Å². The van der Waals surface area contributed by atoms with Gasteiger partial charge in [0.05, 0.1) is 15.1 Å². The van der Waals surface area contributed by atoms with E-state index in [9.17, 15) is 13.2 Å². The first kappa shape index (κ1) is 30.7. The number of hydrogen-bond donors (Lipinski definition) is 0. The monoisotopic (exact) mass is 616 g/mol. The molecule has 218 valence electrons. The molecular formula is C29H33ClN4O5S2. The van der Waals surface area contributed by atoms with Gasteiger partial charge < -0.3 is 14.4 Å². The van der Waals surface area contributed by atoms with Crippen molar-refractivity contribution in [1.29, 1.82) is 0 Å². The molecule has 0 bridgehead atoms. The Balaban J connectivity index is 0.00000387. The highest BCUT2D eigenvalue weighted by atomic mass is 35.5. The van der Waals surface area contributed by atoms with Crippen LogP contribution in [-0.2, 0) is 16.6 Å². The lowest BCUT2D eigenvalue weighted by Crippen LogP contribution is -2.33. The van der Waals surface area contributed by atoms with Crippen molar-refractivity contribution in [2.75, 3.05) is 45.4 Å². The summed E-state index contributed by atoms with van der Waals surface area (Å²) in [5.74, 6) is 1.07. The van der Waals surface area contributed by atoms with Gasteiger partial charge in [-0.25, -0.2) is 13.4 Å². The lowest BCUT2D eigenvalue weighted by molar-refractivity contribution is 0.0986. The molecule has 3 aromatic carbocycles. The Morgan fingerprint density at radius 1 is 0.976 bits per heavy atom. The molecule has 0 fully saturated rings. The summed E-state index contributed by atoms with van der Waals surface area (Å²) in [6.07, 6.45) is 0.745. The number of aromatic nitrogens is 1. The van der Waals surface area contributed by atoms with Crippen LogP contribution in [0.25, 0.3) is 10.2 Å². The summed E-state index contributed by atoms with van der Waals surface area (Å²) in [5.41, 5.74) is 2.03. The maximum Gasteiger partial charge on any atom is 0.260 e. The van der Waals surface area contributed by atoms with E-state index in [4.69, 9.17) is 14.5 Å². The van der Waals surface area contributed by atoms with Crippen molar-refractivity contribution in [3.05, 3.63) is 77.9 Å². The second-order valence-electron chi connectivity index (χ2n) is 9.72. The van der Waals surface area contributed by atoms with Crippen LogP contribution in [0.15, 0.2) is 71.6 Å². The van der Waals surface area contributed by atoms with Crippen LogP contribution in [0.3, 0.4) is 0 Å². The van der Waals surface area contributed by atoms with Gasteiger partial charge in [-0.05, 0) is 56.9 Å². The fourth-order valence-corrected chi connectivity index (χ4v) is 6.92. The molecule has 1 aromatic heterocycles. The van der Waals surface area contributed by atoms with Gasteiger partial charge in [-0.2, -0.15) is 4.31 Å². The van der Waals surface area contributed by atoms with Crippen molar-refractivity contribution in [3.63, 3.8) is 0 Å². The molecule has 1 aliphatic rings. The third kappa shape index (κ3) is 6.82. The topological polar surface area (TPSA) is 92.3 Å². The largest absolute Gasteiger partial charge is 0.454 e. The van der Waals surface area contributed by atoms with E-state index >= 15 is 0 Å². The quantitative estimate of drug-likeness (QED) is 0.227. The van der Waals surface area contributed by atoms with Gasteiger partial charge in [-0.15, -0.1) is 12.4 Å². The lowest BCUT2D eigenvalue weighted by atomic mass is 10.2. The van der Waals surface area contributed by atoms with Crippen molar-refractivity contribution in [2.24, 2.45) is 0 Å². The fourth-order valence-electron chi connectivity index (χ4n) is 4.48. The highest BCUT2D eigenvalue weighted by molar-refractivity contribution is 7.89. The summed E-state index contributed by atoms with van der Waals surface area (Å²) in [5, 5.41) is 0.569. The number of rotatable bonds is 11. The maximum absolute atomic E-state index is 13.8. The Morgan fingerprint density at radius 2 is 1.66 bits per heavy atom. The molecule has 0 atom stereocenters. The number of benzene rings is 3. The standard InChI is InChI=1S/C29H32N4O5S2.ClH/c1-4-32(19-21-9-6-5-7-10-21)40(35,36)23-13-11-22(12-14-23)28(34)33(16-8-15-31(2)3)29-30-24-17-25-26(38-20-37-25)18-27(24)39-29;/h5-7,9-14,17-18H,4,8,15-16,19-20H2,1-3H3;1H. The van der Waals surface area contributed by atoms with E-state index in [0.717, 1.165) is 28.7 Å². The van der Waals surface area contributed by atoms with E-state index < -0.39 is 10.0 Å². The molecule has 0 spiro atoms. The second-order valence-corrected chi connectivity index (χ2v) is 12.7. The minimum atomic E-state index is -3.74. The van der Waals surface area contributed by atoms with Gasteiger partial charge in [0.2, 0.25) is 16.8 Å². The van der Waals surface area contributed by atoms with Crippen molar-refractivity contribution >= 4 is 55.0 Å². The average Bonchev–Trinajstić information content (AvgIpc) is 3.58. The molecule has 0 aliphatic carbocycles. The first-order chi connectivity index (χ1) is 19.3. The van der Waals surface area contributed by atoms with Crippen LogP contribution in [0.4, 0.5) is 5.13 Å².